The van der Waals surface area contributed by atoms with Crippen molar-refractivity contribution in [3.05, 3.63) is 39.9 Å². The monoisotopic (exact) mass is 278 g/mol. The first-order chi connectivity index (χ1) is 9.68. The fourth-order valence-corrected chi connectivity index (χ4v) is 2.55. The summed E-state index contributed by atoms with van der Waals surface area (Å²) in [6.07, 6.45) is 2.24. The smallest absolute Gasteiger partial charge is 0.273 e. The molecule has 1 saturated heterocycles. The highest BCUT2D eigenvalue weighted by molar-refractivity contribution is 5.39. The second-order valence-corrected chi connectivity index (χ2v) is 5.28. The molecule has 1 aliphatic heterocycles. The predicted molar refractivity (Wildman–Crippen MR) is 78.1 cm³/mol. The van der Waals surface area contributed by atoms with Crippen molar-refractivity contribution in [2.24, 2.45) is 5.92 Å². The van der Waals surface area contributed by atoms with E-state index in [2.05, 4.69) is 23.1 Å². The number of para-hydroxylation sites is 1. The molecule has 1 aliphatic rings. The van der Waals surface area contributed by atoms with E-state index >= 15 is 0 Å². The van der Waals surface area contributed by atoms with Crippen molar-refractivity contribution in [3.63, 3.8) is 0 Å². The topological polar surface area (TPSA) is 79.2 Å². The Kier molecular flexibility index (Phi) is 5.46. The third kappa shape index (κ3) is 4.00. The van der Waals surface area contributed by atoms with Crippen molar-refractivity contribution < 1.29 is 4.92 Å². The van der Waals surface area contributed by atoms with Gasteiger partial charge in [0.25, 0.3) is 5.69 Å². The number of nitro groups is 1. The van der Waals surface area contributed by atoms with E-state index in [1.807, 2.05) is 6.07 Å². The normalized spacial score (nSPS) is 22.1. The molecule has 0 amide bonds. The van der Waals surface area contributed by atoms with Gasteiger partial charge in [-0.1, -0.05) is 18.2 Å². The number of nitro benzene ring substituents is 1. The molecule has 0 spiro atoms. The van der Waals surface area contributed by atoms with Gasteiger partial charge in [-0.25, -0.2) is 0 Å². The number of hydrogen-bond acceptors (Lipinski definition) is 5. The molecule has 1 aromatic carbocycles. The molecule has 6 heteroatoms. The van der Waals surface area contributed by atoms with Crippen LogP contribution in [-0.2, 0) is 6.54 Å². The van der Waals surface area contributed by atoms with Gasteiger partial charge in [-0.15, -0.1) is 0 Å². The van der Waals surface area contributed by atoms with Crippen LogP contribution in [0.5, 0.6) is 0 Å². The highest BCUT2D eigenvalue weighted by Crippen LogP contribution is 2.17. The largest absolute Gasteiger partial charge is 0.312 e. The molecule has 20 heavy (non-hydrogen) atoms. The summed E-state index contributed by atoms with van der Waals surface area (Å²) in [6.45, 7) is 4.64. The van der Waals surface area contributed by atoms with E-state index in [1.54, 1.807) is 18.2 Å². The molecule has 2 atom stereocenters. The van der Waals surface area contributed by atoms with Crippen LogP contribution in [-0.4, -0.2) is 24.1 Å². The summed E-state index contributed by atoms with van der Waals surface area (Å²) in [7, 11) is 0. The molecule has 0 saturated carbocycles. The van der Waals surface area contributed by atoms with Gasteiger partial charge < -0.3 is 5.32 Å². The molecule has 0 aromatic heterocycles. The Morgan fingerprint density at radius 1 is 1.45 bits per heavy atom. The molecule has 110 valence electrons. The third-order valence-electron chi connectivity index (χ3n) is 3.83. The third-order valence-corrected chi connectivity index (χ3v) is 3.83. The van der Waals surface area contributed by atoms with Gasteiger partial charge in [0.2, 0.25) is 0 Å². The zero-order valence-electron chi connectivity index (χ0n) is 11.8. The average molecular weight is 278 g/mol. The standard InChI is InChI=1S/C14H22N4O2/c1-11-12(10-16-17-11)6-4-8-15-9-13-5-2-3-7-14(13)18(19)20/h2-3,5,7,11-12,15-17H,4,6,8-10H2,1H3. The molecule has 3 N–H and O–H groups in total. The Morgan fingerprint density at radius 3 is 2.95 bits per heavy atom. The van der Waals surface area contributed by atoms with Crippen molar-refractivity contribution in [2.45, 2.75) is 32.4 Å². The Labute approximate surface area is 119 Å². The molecule has 2 rings (SSSR count). The molecular formula is C14H22N4O2. The van der Waals surface area contributed by atoms with Gasteiger partial charge in [0.1, 0.15) is 0 Å². The van der Waals surface area contributed by atoms with E-state index in [9.17, 15) is 10.1 Å². The summed E-state index contributed by atoms with van der Waals surface area (Å²) < 4.78 is 0. The highest BCUT2D eigenvalue weighted by Gasteiger charge is 2.21. The van der Waals surface area contributed by atoms with Crippen LogP contribution in [0.3, 0.4) is 0 Å². The van der Waals surface area contributed by atoms with Gasteiger partial charge >= 0.3 is 0 Å². The minimum Gasteiger partial charge on any atom is -0.312 e. The van der Waals surface area contributed by atoms with Gasteiger partial charge in [0.15, 0.2) is 0 Å². The maximum absolute atomic E-state index is 10.9. The van der Waals surface area contributed by atoms with E-state index in [-0.39, 0.29) is 10.6 Å². The lowest BCUT2D eigenvalue weighted by atomic mass is 9.98. The van der Waals surface area contributed by atoms with Crippen molar-refractivity contribution in [1.82, 2.24) is 16.2 Å². The lowest BCUT2D eigenvalue weighted by Gasteiger charge is -2.13. The number of hydrazine groups is 1. The highest BCUT2D eigenvalue weighted by atomic mass is 16.6. The minimum atomic E-state index is -0.325. The van der Waals surface area contributed by atoms with Crippen LogP contribution in [0.25, 0.3) is 0 Å². The molecule has 2 unspecified atom stereocenters. The van der Waals surface area contributed by atoms with Crippen LogP contribution < -0.4 is 16.2 Å². The van der Waals surface area contributed by atoms with E-state index in [0.29, 0.717) is 18.5 Å². The molecule has 1 fully saturated rings. The second kappa shape index (κ2) is 7.33. The molecule has 1 aromatic rings. The van der Waals surface area contributed by atoms with E-state index in [4.69, 9.17) is 0 Å². The molecule has 0 bridgehead atoms. The Bertz CT molecular complexity index is 453. The maximum Gasteiger partial charge on any atom is 0.273 e. The van der Waals surface area contributed by atoms with Gasteiger partial charge in [0.05, 0.1) is 4.92 Å². The Hall–Kier alpha value is -1.50. The number of nitrogens with zero attached hydrogens (tertiary/aromatic N) is 1. The summed E-state index contributed by atoms with van der Waals surface area (Å²) in [6, 6.07) is 7.40. The van der Waals surface area contributed by atoms with Crippen molar-refractivity contribution in [1.29, 1.82) is 0 Å². The lowest BCUT2D eigenvalue weighted by molar-refractivity contribution is -0.385. The Morgan fingerprint density at radius 2 is 2.25 bits per heavy atom. The molecule has 0 aliphatic carbocycles. The first kappa shape index (κ1) is 14.9. The van der Waals surface area contributed by atoms with Gasteiger partial charge in [-0.2, -0.15) is 0 Å². The van der Waals surface area contributed by atoms with Crippen LogP contribution in [0.4, 0.5) is 5.69 Å². The summed E-state index contributed by atoms with van der Waals surface area (Å²) >= 11 is 0. The molecule has 1 heterocycles. The summed E-state index contributed by atoms with van der Waals surface area (Å²) in [4.78, 5) is 10.6. The van der Waals surface area contributed by atoms with E-state index < -0.39 is 0 Å². The molecule has 6 nitrogen and oxygen atoms in total. The first-order valence-corrected chi connectivity index (χ1v) is 7.10. The predicted octanol–water partition coefficient (Wildman–Crippen LogP) is 1.58. The van der Waals surface area contributed by atoms with Gasteiger partial charge in [-0.05, 0) is 32.2 Å². The van der Waals surface area contributed by atoms with Crippen LogP contribution in [0.1, 0.15) is 25.3 Å². The molecular weight excluding hydrogens is 256 g/mol. The number of hydrogen-bond donors (Lipinski definition) is 3. The fourth-order valence-electron chi connectivity index (χ4n) is 2.55. The van der Waals surface area contributed by atoms with Gasteiger partial charge in [0, 0.05) is 30.8 Å². The van der Waals surface area contributed by atoms with E-state index in [0.717, 1.165) is 31.5 Å². The number of rotatable bonds is 7. The van der Waals surface area contributed by atoms with Crippen LogP contribution in [0.15, 0.2) is 24.3 Å². The number of benzene rings is 1. The summed E-state index contributed by atoms with van der Waals surface area (Å²) in [5.41, 5.74) is 7.31. The maximum atomic E-state index is 10.9. The number of nitrogens with one attached hydrogen (secondary N) is 3. The SMILES string of the molecule is CC1NNCC1CCCNCc1ccccc1[N+](=O)[O-]. The zero-order chi connectivity index (χ0) is 14.4. The van der Waals surface area contributed by atoms with Crippen LogP contribution >= 0.6 is 0 Å². The zero-order valence-corrected chi connectivity index (χ0v) is 11.8. The summed E-state index contributed by atoms with van der Waals surface area (Å²) in [5, 5.41) is 14.2. The van der Waals surface area contributed by atoms with Gasteiger partial charge in [-0.3, -0.25) is 21.0 Å². The van der Waals surface area contributed by atoms with Crippen molar-refractivity contribution >= 4 is 5.69 Å². The van der Waals surface area contributed by atoms with Crippen molar-refractivity contribution in [2.75, 3.05) is 13.1 Å². The lowest BCUT2D eigenvalue weighted by Crippen LogP contribution is -2.28. The van der Waals surface area contributed by atoms with Crippen LogP contribution in [0, 0.1) is 16.0 Å². The second-order valence-electron chi connectivity index (χ2n) is 5.28. The first-order valence-electron chi connectivity index (χ1n) is 7.10. The van der Waals surface area contributed by atoms with E-state index in [1.165, 1.54) is 0 Å². The Balaban J connectivity index is 1.70. The average Bonchev–Trinajstić information content (AvgIpc) is 2.84. The quantitative estimate of drug-likeness (QED) is 0.401. The van der Waals surface area contributed by atoms with Crippen LogP contribution in [0.2, 0.25) is 0 Å². The molecule has 0 radical (unpaired) electrons. The van der Waals surface area contributed by atoms with Crippen molar-refractivity contribution in [3.8, 4) is 0 Å². The fraction of sp³-hybridized carbons (Fsp3) is 0.571. The minimum absolute atomic E-state index is 0.192. The summed E-state index contributed by atoms with van der Waals surface area (Å²) in [5.74, 6) is 0.669.